The Morgan fingerprint density at radius 3 is 2.23 bits per heavy atom. The molecule has 2 aromatic carbocycles. The highest BCUT2D eigenvalue weighted by Crippen LogP contribution is 2.26. The quantitative estimate of drug-likeness (QED) is 0.178. The van der Waals surface area contributed by atoms with E-state index >= 15 is 0 Å². The first-order chi connectivity index (χ1) is 16.5. The normalized spacial score (nSPS) is 11.2. The summed E-state index contributed by atoms with van der Waals surface area (Å²) >= 11 is 12.1. The summed E-state index contributed by atoms with van der Waals surface area (Å²) in [6.07, 6.45) is -0.202. The molecule has 1 unspecified atom stereocenters. The van der Waals surface area contributed by atoms with Crippen LogP contribution in [0.5, 0.6) is 0 Å². The summed E-state index contributed by atoms with van der Waals surface area (Å²) in [7, 11) is 0. The van der Waals surface area contributed by atoms with Gasteiger partial charge in [0.25, 0.3) is 5.91 Å². The minimum Gasteiger partial charge on any atom is -0.478 e. The molecule has 0 bridgehead atoms. The van der Waals surface area contributed by atoms with Crippen LogP contribution in [0.4, 0.5) is 5.69 Å². The van der Waals surface area contributed by atoms with Gasteiger partial charge in [-0.25, -0.2) is 9.79 Å². The molecule has 11 nitrogen and oxygen atoms in total. The summed E-state index contributed by atoms with van der Waals surface area (Å²) in [5.74, 6) is -3.57. The van der Waals surface area contributed by atoms with Gasteiger partial charge in [-0.05, 0) is 48.9 Å². The van der Waals surface area contributed by atoms with Crippen molar-refractivity contribution in [3.8, 4) is 0 Å². The summed E-state index contributed by atoms with van der Waals surface area (Å²) in [6.45, 7) is 1.32. The van der Waals surface area contributed by atoms with Gasteiger partial charge in [0.05, 0.1) is 36.9 Å². The number of nitrogens with one attached hydrogen (secondary N) is 2. The minimum absolute atomic E-state index is 0.0480. The number of amides is 2. The fraction of sp³-hybridized carbons (Fsp3) is 0.227. The maximum absolute atomic E-state index is 12.6. The lowest BCUT2D eigenvalue weighted by atomic mass is 10.0. The number of hydrogen-bond donors (Lipinski definition) is 5. The number of nitrogens with two attached hydrogens (primary N) is 2. The average molecular weight is 524 g/mol. The number of esters is 1. The molecular formula is C22H23Cl2N5O6. The Morgan fingerprint density at radius 2 is 1.66 bits per heavy atom. The van der Waals surface area contributed by atoms with Crippen LogP contribution in [0.25, 0.3) is 0 Å². The van der Waals surface area contributed by atoms with Gasteiger partial charge in [0, 0.05) is 15.6 Å². The van der Waals surface area contributed by atoms with Gasteiger partial charge in [0.2, 0.25) is 5.91 Å². The van der Waals surface area contributed by atoms with E-state index in [-0.39, 0.29) is 35.8 Å². The summed E-state index contributed by atoms with van der Waals surface area (Å²) in [5, 5.41) is 14.9. The van der Waals surface area contributed by atoms with E-state index in [1.54, 1.807) is 19.1 Å². The highest BCUT2D eigenvalue weighted by atomic mass is 35.5. The lowest BCUT2D eigenvalue weighted by molar-refractivity contribution is -0.143. The third-order valence-electron chi connectivity index (χ3n) is 4.39. The van der Waals surface area contributed by atoms with E-state index in [0.717, 1.165) is 6.07 Å². The first kappa shape index (κ1) is 27.4. The van der Waals surface area contributed by atoms with Crippen LogP contribution in [0.15, 0.2) is 41.4 Å². The van der Waals surface area contributed by atoms with Gasteiger partial charge in [0.15, 0.2) is 5.96 Å². The molecule has 0 aliphatic rings. The molecule has 0 fully saturated rings. The molecule has 0 spiro atoms. The molecule has 7 N–H and O–H groups in total. The van der Waals surface area contributed by atoms with E-state index in [4.69, 9.17) is 39.4 Å². The Labute approximate surface area is 210 Å². The first-order valence-electron chi connectivity index (χ1n) is 10.2. The minimum atomic E-state index is -1.30. The molecule has 13 heteroatoms. The summed E-state index contributed by atoms with van der Waals surface area (Å²) in [5.41, 5.74) is 10.8. The Bertz CT molecular complexity index is 1150. The van der Waals surface area contributed by atoms with Crippen molar-refractivity contribution in [1.82, 2.24) is 10.6 Å². The van der Waals surface area contributed by atoms with Crippen LogP contribution in [-0.4, -0.2) is 48.0 Å². The number of benzene rings is 2. The third-order valence-corrected chi connectivity index (χ3v) is 4.83. The Kier molecular flexibility index (Phi) is 9.86. The van der Waals surface area contributed by atoms with Crippen molar-refractivity contribution in [3.63, 3.8) is 0 Å². The van der Waals surface area contributed by atoms with Gasteiger partial charge in [-0.2, -0.15) is 0 Å². The predicted molar refractivity (Wildman–Crippen MR) is 130 cm³/mol. The molecule has 2 rings (SSSR count). The molecule has 186 valence electrons. The molecule has 0 aromatic heterocycles. The van der Waals surface area contributed by atoms with Crippen molar-refractivity contribution in [2.24, 2.45) is 16.5 Å². The first-order valence-corrected chi connectivity index (χ1v) is 10.9. The van der Waals surface area contributed by atoms with E-state index < -0.39 is 36.3 Å². The lowest BCUT2D eigenvalue weighted by Crippen LogP contribution is -2.39. The number of ether oxygens (including phenoxy) is 1. The van der Waals surface area contributed by atoms with E-state index in [1.165, 1.54) is 18.2 Å². The van der Waals surface area contributed by atoms with Gasteiger partial charge in [-0.3, -0.25) is 14.4 Å². The van der Waals surface area contributed by atoms with Gasteiger partial charge >= 0.3 is 11.9 Å². The number of hydrogen-bond acceptors (Lipinski definition) is 6. The van der Waals surface area contributed by atoms with Gasteiger partial charge in [0.1, 0.15) is 0 Å². The zero-order valence-corrected chi connectivity index (χ0v) is 20.0. The van der Waals surface area contributed by atoms with Crippen molar-refractivity contribution in [2.45, 2.75) is 19.4 Å². The summed E-state index contributed by atoms with van der Waals surface area (Å²) < 4.78 is 4.96. The largest absolute Gasteiger partial charge is 0.478 e. The smallest absolute Gasteiger partial charge is 0.335 e. The highest BCUT2D eigenvalue weighted by molar-refractivity contribution is 6.34. The second-order valence-electron chi connectivity index (χ2n) is 7.13. The fourth-order valence-corrected chi connectivity index (χ4v) is 3.55. The molecule has 0 saturated carbocycles. The molecule has 35 heavy (non-hydrogen) atoms. The lowest BCUT2D eigenvalue weighted by Gasteiger charge is -2.19. The van der Waals surface area contributed by atoms with E-state index in [1.807, 2.05) is 0 Å². The number of carboxylic acids is 1. The van der Waals surface area contributed by atoms with Crippen molar-refractivity contribution < 1.29 is 29.0 Å². The van der Waals surface area contributed by atoms with Crippen LogP contribution in [0, 0.1) is 0 Å². The molecule has 0 aliphatic carbocycles. The molecule has 0 radical (unpaired) electrons. The average Bonchev–Trinajstić information content (AvgIpc) is 2.75. The second-order valence-corrected chi connectivity index (χ2v) is 8.00. The van der Waals surface area contributed by atoms with Crippen LogP contribution in [0.2, 0.25) is 10.0 Å². The van der Waals surface area contributed by atoms with E-state index in [2.05, 4.69) is 15.6 Å². The SMILES string of the molecule is CCOC(=O)CC(NC(=O)CNC(=O)c1cc(N=C(N)N)cc(C(=O)O)c1)c1cc(Cl)cc(Cl)c1. The van der Waals surface area contributed by atoms with Crippen LogP contribution in [0.3, 0.4) is 0 Å². The zero-order chi connectivity index (χ0) is 26.1. The molecule has 0 aliphatic heterocycles. The van der Waals surface area contributed by atoms with E-state index in [0.29, 0.717) is 15.6 Å². The number of rotatable bonds is 10. The Hall–Kier alpha value is -3.83. The Balaban J connectivity index is 2.16. The third kappa shape index (κ3) is 8.80. The highest BCUT2D eigenvalue weighted by Gasteiger charge is 2.21. The molecule has 0 saturated heterocycles. The topological polar surface area (TPSA) is 186 Å². The molecular weight excluding hydrogens is 501 g/mol. The maximum Gasteiger partial charge on any atom is 0.335 e. The number of carbonyl (C=O) groups is 4. The fourth-order valence-electron chi connectivity index (χ4n) is 3.00. The molecule has 0 heterocycles. The Morgan fingerprint density at radius 1 is 1.03 bits per heavy atom. The summed E-state index contributed by atoms with van der Waals surface area (Å²) in [4.78, 5) is 52.3. The number of aromatic carboxylic acids is 1. The summed E-state index contributed by atoms with van der Waals surface area (Å²) in [6, 6.07) is 7.30. The number of guanidine groups is 1. The van der Waals surface area contributed by atoms with Gasteiger partial charge in [-0.1, -0.05) is 23.2 Å². The molecule has 2 aromatic rings. The predicted octanol–water partition coefficient (Wildman–Crippen LogP) is 2.14. The van der Waals surface area contributed by atoms with Crippen LogP contribution >= 0.6 is 23.2 Å². The number of carboxylic acid groups (broad SMARTS) is 1. The standard InChI is InChI=1S/C22H23Cl2N5O6/c1-2-35-19(31)9-17(11-4-14(23)8-15(24)5-11)29-18(30)10-27-20(32)12-3-13(21(33)34)7-16(6-12)28-22(25)26/h3-8,17H,2,9-10H2,1H3,(H,27,32)(H,29,30)(H,33,34)(H4,25,26,28). The monoisotopic (exact) mass is 523 g/mol. The van der Waals surface area contributed by atoms with Crippen LogP contribution in [-0.2, 0) is 14.3 Å². The second kappa shape index (κ2) is 12.6. The van der Waals surface area contributed by atoms with Crippen molar-refractivity contribution in [1.29, 1.82) is 0 Å². The van der Waals surface area contributed by atoms with Crippen molar-refractivity contribution in [3.05, 3.63) is 63.1 Å². The van der Waals surface area contributed by atoms with Crippen molar-refractivity contribution in [2.75, 3.05) is 13.2 Å². The number of halogens is 2. The molecule has 2 amide bonds. The zero-order valence-electron chi connectivity index (χ0n) is 18.5. The van der Waals surface area contributed by atoms with Gasteiger partial charge in [-0.15, -0.1) is 0 Å². The number of carbonyl (C=O) groups excluding carboxylic acids is 3. The van der Waals surface area contributed by atoms with Crippen molar-refractivity contribution >= 4 is 58.6 Å². The number of aliphatic imine (C=N–C) groups is 1. The maximum atomic E-state index is 12.6. The van der Waals surface area contributed by atoms with E-state index in [9.17, 15) is 24.3 Å². The number of nitrogens with zero attached hydrogens (tertiary/aromatic N) is 1. The van der Waals surface area contributed by atoms with Crippen LogP contribution < -0.4 is 22.1 Å². The van der Waals surface area contributed by atoms with Crippen LogP contribution in [0.1, 0.15) is 45.7 Å². The van der Waals surface area contributed by atoms with Gasteiger partial charge < -0.3 is 31.9 Å². The molecule has 1 atom stereocenters.